The largest absolute Gasteiger partial charge is 0.350 e. The van der Waals surface area contributed by atoms with Gasteiger partial charge in [-0.25, -0.2) is 5.48 Å². The SMILES string of the molecule is CC1(C)OCC(CNO)CO1. The maximum absolute atomic E-state index is 8.39. The maximum atomic E-state index is 8.39. The van der Waals surface area contributed by atoms with E-state index in [1.54, 1.807) is 0 Å². The van der Waals surface area contributed by atoms with Crippen molar-refractivity contribution in [3.8, 4) is 0 Å². The molecule has 1 saturated heterocycles. The van der Waals surface area contributed by atoms with Crippen molar-refractivity contribution in [3.05, 3.63) is 0 Å². The Kier molecular flexibility index (Phi) is 2.84. The quantitative estimate of drug-likeness (QED) is 0.574. The summed E-state index contributed by atoms with van der Waals surface area (Å²) >= 11 is 0. The van der Waals surface area contributed by atoms with Crippen molar-refractivity contribution < 1.29 is 14.7 Å². The van der Waals surface area contributed by atoms with Crippen LogP contribution in [0.2, 0.25) is 0 Å². The summed E-state index contributed by atoms with van der Waals surface area (Å²) in [6, 6.07) is 0. The van der Waals surface area contributed by atoms with Gasteiger partial charge in [0, 0.05) is 12.5 Å². The van der Waals surface area contributed by atoms with E-state index in [0.29, 0.717) is 19.8 Å². The summed E-state index contributed by atoms with van der Waals surface area (Å²) in [5.41, 5.74) is 2.10. The highest BCUT2D eigenvalue weighted by Gasteiger charge is 2.27. The average molecular weight is 161 g/mol. The third-order valence-electron chi connectivity index (χ3n) is 1.71. The van der Waals surface area contributed by atoms with Gasteiger partial charge in [0.2, 0.25) is 0 Å². The number of nitrogens with one attached hydrogen (secondary N) is 1. The molecule has 1 aliphatic heterocycles. The first-order chi connectivity index (χ1) is 5.14. The lowest BCUT2D eigenvalue weighted by molar-refractivity contribution is -0.262. The third-order valence-corrected chi connectivity index (χ3v) is 1.71. The molecule has 66 valence electrons. The molecule has 0 amide bonds. The van der Waals surface area contributed by atoms with Crippen LogP contribution in [0.5, 0.6) is 0 Å². The summed E-state index contributed by atoms with van der Waals surface area (Å²) in [5, 5.41) is 8.39. The summed E-state index contributed by atoms with van der Waals surface area (Å²) in [4.78, 5) is 0. The molecule has 0 aromatic carbocycles. The average Bonchev–Trinajstić information content (AvgIpc) is 1.94. The molecule has 0 bridgehead atoms. The molecule has 1 aliphatic rings. The third kappa shape index (κ3) is 2.75. The topological polar surface area (TPSA) is 50.7 Å². The van der Waals surface area contributed by atoms with E-state index >= 15 is 0 Å². The molecule has 2 N–H and O–H groups in total. The fourth-order valence-electron chi connectivity index (χ4n) is 0.974. The lowest BCUT2D eigenvalue weighted by atomic mass is 10.1. The van der Waals surface area contributed by atoms with Gasteiger partial charge in [-0.2, -0.15) is 0 Å². The normalized spacial score (nSPS) is 25.4. The van der Waals surface area contributed by atoms with E-state index in [0.717, 1.165) is 0 Å². The zero-order valence-electron chi connectivity index (χ0n) is 6.96. The molecule has 0 atom stereocenters. The van der Waals surface area contributed by atoms with Gasteiger partial charge >= 0.3 is 0 Å². The van der Waals surface area contributed by atoms with Gasteiger partial charge in [0.1, 0.15) is 0 Å². The Morgan fingerprint density at radius 3 is 2.45 bits per heavy atom. The van der Waals surface area contributed by atoms with E-state index < -0.39 is 5.79 Å². The minimum atomic E-state index is -0.452. The molecule has 0 radical (unpaired) electrons. The second-order valence-corrected chi connectivity index (χ2v) is 3.25. The Morgan fingerprint density at radius 1 is 1.45 bits per heavy atom. The van der Waals surface area contributed by atoms with Gasteiger partial charge in [-0.3, -0.25) is 0 Å². The molecule has 0 aromatic rings. The smallest absolute Gasteiger partial charge is 0.162 e. The van der Waals surface area contributed by atoms with E-state index in [2.05, 4.69) is 5.48 Å². The number of rotatable bonds is 2. The Labute approximate surface area is 66.4 Å². The molecule has 0 unspecified atom stereocenters. The highest BCUT2D eigenvalue weighted by Crippen LogP contribution is 2.19. The first-order valence-corrected chi connectivity index (χ1v) is 3.79. The van der Waals surface area contributed by atoms with E-state index in [1.165, 1.54) is 0 Å². The summed E-state index contributed by atoms with van der Waals surface area (Å²) in [6.45, 7) is 5.57. The van der Waals surface area contributed by atoms with Crippen LogP contribution < -0.4 is 5.48 Å². The van der Waals surface area contributed by atoms with Gasteiger partial charge in [-0.05, 0) is 13.8 Å². The van der Waals surface area contributed by atoms with Gasteiger partial charge in [0.25, 0.3) is 0 Å². The predicted molar refractivity (Wildman–Crippen MR) is 39.3 cm³/mol. The molecule has 1 heterocycles. The number of hydrogen-bond acceptors (Lipinski definition) is 4. The first-order valence-electron chi connectivity index (χ1n) is 3.79. The molecular weight excluding hydrogens is 146 g/mol. The van der Waals surface area contributed by atoms with E-state index in [1.807, 2.05) is 13.8 Å². The van der Waals surface area contributed by atoms with Gasteiger partial charge in [-0.15, -0.1) is 0 Å². The molecule has 0 aromatic heterocycles. The monoisotopic (exact) mass is 161 g/mol. The predicted octanol–water partition coefficient (Wildman–Crippen LogP) is 0.364. The van der Waals surface area contributed by atoms with Gasteiger partial charge < -0.3 is 14.7 Å². The molecule has 1 fully saturated rings. The van der Waals surface area contributed by atoms with Crippen LogP contribution in [0.1, 0.15) is 13.8 Å². The van der Waals surface area contributed by atoms with Crippen LogP contribution in [-0.4, -0.2) is 30.8 Å². The van der Waals surface area contributed by atoms with Crippen LogP contribution in [-0.2, 0) is 9.47 Å². The maximum Gasteiger partial charge on any atom is 0.162 e. The van der Waals surface area contributed by atoms with Crippen molar-refractivity contribution in [2.24, 2.45) is 5.92 Å². The highest BCUT2D eigenvalue weighted by molar-refractivity contribution is 4.67. The number of ether oxygens (including phenoxy) is 2. The first kappa shape index (κ1) is 8.93. The Bertz CT molecular complexity index is 117. The van der Waals surface area contributed by atoms with Crippen molar-refractivity contribution in [1.29, 1.82) is 0 Å². The van der Waals surface area contributed by atoms with Crippen LogP contribution in [0.3, 0.4) is 0 Å². The highest BCUT2D eigenvalue weighted by atomic mass is 16.7. The molecule has 0 spiro atoms. The molecular formula is C7H15NO3. The lowest BCUT2D eigenvalue weighted by Crippen LogP contribution is -2.42. The van der Waals surface area contributed by atoms with Crippen molar-refractivity contribution in [2.75, 3.05) is 19.8 Å². The van der Waals surface area contributed by atoms with Crippen molar-refractivity contribution in [3.63, 3.8) is 0 Å². The Balaban J connectivity index is 2.25. The molecule has 0 saturated carbocycles. The zero-order valence-corrected chi connectivity index (χ0v) is 6.96. The summed E-state index contributed by atoms with van der Waals surface area (Å²) in [7, 11) is 0. The van der Waals surface area contributed by atoms with Gasteiger partial charge in [0.15, 0.2) is 5.79 Å². The standard InChI is InChI=1S/C7H15NO3/c1-7(2)10-4-6(3-8-9)5-11-7/h6,8-9H,3-5H2,1-2H3. The van der Waals surface area contributed by atoms with Gasteiger partial charge in [-0.1, -0.05) is 0 Å². The lowest BCUT2D eigenvalue weighted by Gasteiger charge is -2.34. The fourth-order valence-corrected chi connectivity index (χ4v) is 0.974. The van der Waals surface area contributed by atoms with Crippen LogP contribution in [0.4, 0.5) is 0 Å². The van der Waals surface area contributed by atoms with Crippen LogP contribution in [0.25, 0.3) is 0 Å². The number of hydroxylamine groups is 1. The number of hydrogen-bond donors (Lipinski definition) is 2. The second-order valence-electron chi connectivity index (χ2n) is 3.25. The Morgan fingerprint density at radius 2 is 2.00 bits per heavy atom. The van der Waals surface area contributed by atoms with Crippen LogP contribution in [0, 0.1) is 5.92 Å². The van der Waals surface area contributed by atoms with E-state index in [-0.39, 0.29) is 5.92 Å². The summed E-state index contributed by atoms with van der Waals surface area (Å²) in [6.07, 6.45) is 0. The fraction of sp³-hybridized carbons (Fsp3) is 1.00. The van der Waals surface area contributed by atoms with E-state index in [9.17, 15) is 0 Å². The second kappa shape index (κ2) is 3.49. The minimum absolute atomic E-state index is 0.257. The van der Waals surface area contributed by atoms with Crippen LogP contribution in [0.15, 0.2) is 0 Å². The minimum Gasteiger partial charge on any atom is -0.350 e. The molecule has 11 heavy (non-hydrogen) atoms. The van der Waals surface area contributed by atoms with E-state index in [4.69, 9.17) is 14.7 Å². The van der Waals surface area contributed by atoms with Gasteiger partial charge in [0.05, 0.1) is 13.2 Å². The van der Waals surface area contributed by atoms with Crippen molar-refractivity contribution in [1.82, 2.24) is 5.48 Å². The van der Waals surface area contributed by atoms with Crippen molar-refractivity contribution >= 4 is 0 Å². The van der Waals surface area contributed by atoms with Crippen molar-refractivity contribution in [2.45, 2.75) is 19.6 Å². The molecule has 4 heteroatoms. The summed E-state index contributed by atoms with van der Waals surface area (Å²) < 4.78 is 10.7. The zero-order chi connectivity index (χ0) is 8.32. The van der Waals surface area contributed by atoms with Crippen LogP contribution >= 0.6 is 0 Å². The summed E-state index contributed by atoms with van der Waals surface area (Å²) in [5.74, 6) is -0.195. The molecule has 0 aliphatic carbocycles. The molecule has 1 rings (SSSR count). The Hall–Kier alpha value is -0.160. The molecule has 4 nitrogen and oxygen atoms in total.